The van der Waals surface area contributed by atoms with Crippen LogP contribution in [-0.2, 0) is 4.79 Å². The molecule has 70 valence electrons. The zero-order valence-corrected chi connectivity index (χ0v) is 7.70. The Hall–Kier alpha value is -1.01. The van der Waals surface area contributed by atoms with E-state index in [0.29, 0.717) is 13.0 Å². The van der Waals surface area contributed by atoms with E-state index in [1.807, 2.05) is 0 Å². The summed E-state index contributed by atoms with van der Waals surface area (Å²) in [5, 5.41) is 13.3. The first-order chi connectivity index (χ1) is 6.31. The summed E-state index contributed by atoms with van der Waals surface area (Å²) in [6.07, 6.45) is 2.00. The van der Waals surface area contributed by atoms with Crippen LogP contribution < -0.4 is 4.90 Å². The summed E-state index contributed by atoms with van der Waals surface area (Å²) in [6.45, 7) is 0.647. The Labute approximate surface area is 79.2 Å². The Morgan fingerprint density at radius 3 is 3.15 bits per heavy atom. The van der Waals surface area contributed by atoms with Crippen LogP contribution in [0.2, 0.25) is 0 Å². The Bertz CT molecular complexity index is 301. The largest absolute Gasteiger partial charge is 0.396 e. The monoisotopic (exact) mass is 199 g/mol. The summed E-state index contributed by atoms with van der Waals surface area (Å²) in [7, 11) is 0. The molecule has 0 radical (unpaired) electrons. The van der Waals surface area contributed by atoms with E-state index in [1.54, 1.807) is 11.1 Å². The highest BCUT2D eigenvalue weighted by atomic mass is 32.1. The third-order valence-electron chi connectivity index (χ3n) is 2.08. The molecule has 1 atom stereocenters. The molecule has 5 nitrogen and oxygen atoms in total. The van der Waals surface area contributed by atoms with Gasteiger partial charge in [-0.25, -0.2) is 0 Å². The average molecular weight is 199 g/mol. The van der Waals surface area contributed by atoms with Crippen LogP contribution in [0.15, 0.2) is 6.20 Å². The third-order valence-corrected chi connectivity index (χ3v) is 2.77. The van der Waals surface area contributed by atoms with Crippen molar-refractivity contribution in [2.75, 3.05) is 18.1 Å². The van der Waals surface area contributed by atoms with Gasteiger partial charge in [0.1, 0.15) is 5.00 Å². The highest BCUT2D eigenvalue weighted by molar-refractivity contribution is 7.10. The summed E-state index contributed by atoms with van der Waals surface area (Å²) in [4.78, 5) is 13.0. The van der Waals surface area contributed by atoms with Gasteiger partial charge in [-0.1, -0.05) is 4.49 Å². The Morgan fingerprint density at radius 1 is 1.77 bits per heavy atom. The third kappa shape index (κ3) is 1.54. The van der Waals surface area contributed by atoms with Gasteiger partial charge in [-0.2, -0.15) is 0 Å². The molecule has 1 aliphatic heterocycles. The minimum atomic E-state index is 0.0464. The van der Waals surface area contributed by atoms with Gasteiger partial charge in [-0.05, 0) is 0 Å². The van der Waals surface area contributed by atoms with Crippen LogP contribution in [0.3, 0.4) is 0 Å². The van der Waals surface area contributed by atoms with E-state index in [-0.39, 0.29) is 18.4 Å². The van der Waals surface area contributed by atoms with Gasteiger partial charge in [-0.15, -0.1) is 5.10 Å². The van der Waals surface area contributed by atoms with E-state index >= 15 is 0 Å². The molecule has 2 heterocycles. The molecule has 2 rings (SSSR count). The first-order valence-electron chi connectivity index (χ1n) is 4.00. The first kappa shape index (κ1) is 8.58. The molecule has 1 N–H and O–H groups in total. The smallest absolute Gasteiger partial charge is 0.228 e. The van der Waals surface area contributed by atoms with E-state index in [0.717, 1.165) is 5.00 Å². The quantitative estimate of drug-likeness (QED) is 0.721. The van der Waals surface area contributed by atoms with E-state index in [2.05, 4.69) is 9.59 Å². The minimum Gasteiger partial charge on any atom is -0.396 e. The van der Waals surface area contributed by atoms with Crippen molar-refractivity contribution in [1.82, 2.24) is 9.59 Å². The van der Waals surface area contributed by atoms with Gasteiger partial charge in [0, 0.05) is 37.0 Å². The molecule has 0 bridgehead atoms. The maximum atomic E-state index is 11.4. The molecule has 6 heteroatoms. The lowest BCUT2D eigenvalue weighted by atomic mass is 10.1. The second-order valence-corrected chi connectivity index (χ2v) is 3.78. The van der Waals surface area contributed by atoms with Crippen molar-refractivity contribution in [3.8, 4) is 0 Å². The lowest BCUT2D eigenvalue weighted by Gasteiger charge is -2.11. The van der Waals surface area contributed by atoms with Crippen LogP contribution in [0.25, 0.3) is 0 Å². The van der Waals surface area contributed by atoms with Gasteiger partial charge in [-0.3, -0.25) is 4.79 Å². The molecule has 0 saturated carbocycles. The van der Waals surface area contributed by atoms with Crippen LogP contribution in [0.4, 0.5) is 5.00 Å². The Morgan fingerprint density at radius 2 is 2.62 bits per heavy atom. The second kappa shape index (κ2) is 3.39. The van der Waals surface area contributed by atoms with Crippen molar-refractivity contribution in [3.63, 3.8) is 0 Å². The van der Waals surface area contributed by atoms with E-state index in [4.69, 9.17) is 5.11 Å². The van der Waals surface area contributed by atoms with Gasteiger partial charge in [0.05, 0.1) is 6.20 Å². The molecule has 0 spiro atoms. The highest BCUT2D eigenvalue weighted by Crippen LogP contribution is 2.26. The summed E-state index contributed by atoms with van der Waals surface area (Å²) in [6, 6.07) is 0. The number of carbonyl (C=O) groups is 1. The molecule has 1 unspecified atom stereocenters. The zero-order chi connectivity index (χ0) is 9.26. The summed E-state index contributed by atoms with van der Waals surface area (Å²) < 4.78 is 3.69. The minimum absolute atomic E-state index is 0.0464. The van der Waals surface area contributed by atoms with Gasteiger partial charge in [0.2, 0.25) is 5.91 Å². The maximum Gasteiger partial charge on any atom is 0.228 e. The van der Waals surface area contributed by atoms with Crippen molar-refractivity contribution < 1.29 is 9.90 Å². The second-order valence-electron chi connectivity index (χ2n) is 3.01. The van der Waals surface area contributed by atoms with Crippen molar-refractivity contribution in [1.29, 1.82) is 0 Å². The van der Waals surface area contributed by atoms with E-state index in [9.17, 15) is 4.79 Å². The molecule has 1 saturated heterocycles. The standard InChI is InChI=1S/C7H9N3O2S/c11-4-5-1-6(12)10(3-5)7-2-8-9-13-7/h2,5,11H,1,3-4H2. The van der Waals surface area contributed by atoms with Crippen LogP contribution in [-0.4, -0.2) is 33.8 Å². The molecule has 1 fully saturated rings. The molecule has 1 aromatic heterocycles. The van der Waals surface area contributed by atoms with Gasteiger partial charge < -0.3 is 10.0 Å². The number of nitrogens with zero attached hydrogens (tertiary/aromatic N) is 3. The predicted octanol–water partition coefficient (Wildman–Crippen LogP) is -0.117. The number of aliphatic hydroxyl groups is 1. The maximum absolute atomic E-state index is 11.4. The molecule has 0 aromatic carbocycles. The van der Waals surface area contributed by atoms with Gasteiger partial charge >= 0.3 is 0 Å². The van der Waals surface area contributed by atoms with Crippen molar-refractivity contribution >= 4 is 22.4 Å². The average Bonchev–Trinajstić information content (AvgIpc) is 2.72. The lowest BCUT2D eigenvalue weighted by molar-refractivity contribution is -0.117. The van der Waals surface area contributed by atoms with Crippen LogP contribution in [0, 0.1) is 5.92 Å². The Kier molecular flexibility index (Phi) is 2.24. The number of aliphatic hydroxyl groups excluding tert-OH is 1. The zero-order valence-electron chi connectivity index (χ0n) is 6.88. The van der Waals surface area contributed by atoms with Crippen molar-refractivity contribution in [2.45, 2.75) is 6.42 Å². The fourth-order valence-electron chi connectivity index (χ4n) is 1.40. The molecule has 13 heavy (non-hydrogen) atoms. The van der Waals surface area contributed by atoms with Crippen molar-refractivity contribution in [2.24, 2.45) is 5.92 Å². The number of anilines is 1. The number of hydrogen-bond acceptors (Lipinski definition) is 5. The fourth-order valence-corrected chi connectivity index (χ4v) is 1.94. The van der Waals surface area contributed by atoms with E-state index < -0.39 is 0 Å². The van der Waals surface area contributed by atoms with Crippen LogP contribution >= 0.6 is 11.5 Å². The summed E-state index contributed by atoms with van der Waals surface area (Å²) >= 11 is 1.20. The topological polar surface area (TPSA) is 66.3 Å². The summed E-state index contributed by atoms with van der Waals surface area (Å²) in [5.41, 5.74) is 0. The van der Waals surface area contributed by atoms with Gasteiger partial charge in [0.25, 0.3) is 0 Å². The highest BCUT2D eigenvalue weighted by Gasteiger charge is 2.30. The number of hydrogen-bond donors (Lipinski definition) is 1. The number of rotatable bonds is 2. The van der Waals surface area contributed by atoms with E-state index in [1.165, 1.54) is 11.5 Å². The Balaban J connectivity index is 2.14. The summed E-state index contributed by atoms with van der Waals surface area (Å²) in [5.74, 6) is 0.111. The lowest BCUT2D eigenvalue weighted by Crippen LogP contribution is -2.23. The molecule has 1 amide bonds. The fraction of sp³-hybridized carbons (Fsp3) is 0.571. The molecular formula is C7H9N3O2S. The molecular weight excluding hydrogens is 190 g/mol. The van der Waals surface area contributed by atoms with Crippen LogP contribution in [0.5, 0.6) is 0 Å². The first-order valence-corrected chi connectivity index (χ1v) is 4.77. The van der Waals surface area contributed by atoms with Crippen LogP contribution in [0.1, 0.15) is 6.42 Å². The van der Waals surface area contributed by atoms with Crippen molar-refractivity contribution in [3.05, 3.63) is 6.20 Å². The van der Waals surface area contributed by atoms with Gasteiger partial charge in [0.15, 0.2) is 0 Å². The predicted molar refractivity (Wildman–Crippen MR) is 47.5 cm³/mol. The molecule has 1 aliphatic rings. The number of carbonyl (C=O) groups excluding carboxylic acids is 1. The molecule has 0 aliphatic carbocycles. The number of amides is 1. The number of aromatic nitrogens is 2. The molecule has 1 aromatic rings. The SMILES string of the molecule is O=C1CC(CO)CN1c1cnns1. The normalized spacial score (nSPS) is 22.7.